The Balaban J connectivity index is 1.30. The van der Waals surface area contributed by atoms with Gasteiger partial charge in [-0.25, -0.2) is 0 Å². The fourth-order valence-electron chi connectivity index (χ4n) is 5.61. The molecule has 2 aliphatic heterocycles. The normalized spacial score (nSPS) is 19.0. The van der Waals surface area contributed by atoms with Gasteiger partial charge in [-0.15, -0.1) is 0 Å². The fourth-order valence-corrected chi connectivity index (χ4v) is 5.61. The molecule has 8 heteroatoms. The zero-order valence-electron chi connectivity index (χ0n) is 23.8. The number of amides is 1. The molecule has 2 saturated heterocycles. The summed E-state index contributed by atoms with van der Waals surface area (Å²) >= 11 is 0. The molecule has 0 unspecified atom stereocenters. The van der Waals surface area contributed by atoms with Crippen LogP contribution in [0.15, 0.2) is 48.8 Å². The predicted molar refractivity (Wildman–Crippen MR) is 154 cm³/mol. The predicted octanol–water partition coefficient (Wildman–Crippen LogP) is 4.44. The lowest BCUT2D eigenvalue weighted by atomic mass is 10.00. The van der Waals surface area contributed by atoms with Gasteiger partial charge in [-0.3, -0.25) is 14.4 Å². The molecule has 208 valence electrons. The van der Waals surface area contributed by atoms with Crippen molar-refractivity contribution in [1.82, 2.24) is 20.0 Å². The van der Waals surface area contributed by atoms with Crippen LogP contribution in [-0.4, -0.2) is 73.1 Å². The van der Waals surface area contributed by atoms with Crippen LogP contribution in [0.4, 0.5) is 5.69 Å². The third kappa shape index (κ3) is 6.12. The molecule has 0 radical (unpaired) electrons. The summed E-state index contributed by atoms with van der Waals surface area (Å²) in [4.78, 5) is 18.6. The van der Waals surface area contributed by atoms with Crippen molar-refractivity contribution in [3.63, 3.8) is 0 Å². The molecule has 1 amide bonds. The number of benzene rings is 2. The summed E-state index contributed by atoms with van der Waals surface area (Å²) in [5.74, 6) is 1.36. The maximum absolute atomic E-state index is 13.5. The third-order valence-corrected chi connectivity index (χ3v) is 8.16. The van der Waals surface area contributed by atoms with Gasteiger partial charge in [-0.05, 0) is 67.3 Å². The Morgan fingerprint density at radius 1 is 1.18 bits per heavy atom. The van der Waals surface area contributed by atoms with E-state index in [1.807, 2.05) is 45.4 Å². The molecule has 2 fully saturated rings. The summed E-state index contributed by atoms with van der Waals surface area (Å²) in [6, 6.07) is 12.7. The number of piperazine rings is 1. The van der Waals surface area contributed by atoms with Crippen molar-refractivity contribution in [1.29, 1.82) is 0 Å². The Bertz CT molecular complexity index is 1300. The van der Waals surface area contributed by atoms with E-state index in [1.54, 1.807) is 11.8 Å². The minimum absolute atomic E-state index is 0.0664. The van der Waals surface area contributed by atoms with Gasteiger partial charge in [-0.2, -0.15) is 5.10 Å². The van der Waals surface area contributed by atoms with Crippen molar-refractivity contribution in [2.45, 2.75) is 39.3 Å². The van der Waals surface area contributed by atoms with E-state index in [-0.39, 0.29) is 11.9 Å². The van der Waals surface area contributed by atoms with Crippen LogP contribution >= 0.6 is 0 Å². The highest BCUT2D eigenvalue weighted by Crippen LogP contribution is 2.30. The molecular weight excluding hydrogens is 490 g/mol. The number of nitrogens with one attached hydrogen (secondary N) is 1. The number of carbonyl (C=O) groups is 1. The number of aromatic nitrogens is 2. The molecule has 0 saturated carbocycles. The molecule has 0 spiro atoms. The molecule has 2 aromatic carbocycles. The number of methoxy groups -OCH3 is 1. The van der Waals surface area contributed by atoms with Gasteiger partial charge in [0.05, 0.1) is 32.6 Å². The molecular formula is C31H41N5O3. The van der Waals surface area contributed by atoms with E-state index in [9.17, 15) is 4.79 Å². The second-order valence-electron chi connectivity index (χ2n) is 11.0. The Hall–Kier alpha value is -3.36. The SMILES string of the molecule is CC[C@@H]1CN(c2ccc(C)c(C(=O)N[C@H](C)c3cc(OC)cc(-c4cnn(C)c4)c3)c2)CCN1CC1COC1. The quantitative estimate of drug-likeness (QED) is 0.440. The van der Waals surface area contributed by atoms with Gasteiger partial charge in [0.25, 0.3) is 5.91 Å². The van der Waals surface area contributed by atoms with Crippen LogP contribution in [-0.2, 0) is 11.8 Å². The van der Waals surface area contributed by atoms with Crippen molar-refractivity contribution in [3.8, 4) is 16.9 Å². The average molecular weight is 532 g/mol. The number of ether oxygens (including phenoxy) is 2. The van der Waals surface area contributed by atoms with E-state index in [0.29, 0.717) is 12.0 Å². The Morgan fingerprint density at radius 2 is 2.00 bits per heavy atom. The van der Waals surface area contributed by atoms with Crippen LogP contribution < -0.4 is 15.0 Å². The molecule has 3 heterocycles. The summed E-state index contributed by atoms with van der Waals surface area (Å²) in [6.45, 7) is 12.2. The van der Waals surface area contributed by atoms with E-state index in [2.05, 4.69) is 51.4 Å². The Labute approximate surface area is 231 Å². The molecule has 1 N–H and O–H groups in total. The van der Waals surface area contributed by atoms with Crippen LogP contribution in [0.1, 0.15) is 47.8 Å². The van der Waals surface area contributed by atoms with Gasteiger partial charge in [0.2, 0.25) is 0 Å². The second-order valence-corrected chi connectivity index (χ2v) is 11.0. The van der Waals surface area contributed by atoms with Crippen molar-refractivity contribution in [2.24, 2.45) is 13.0 Å². The van der Waals surface area contributed by atoms with Crippen LogP contribution in [0.3, 0.4) is 0 Å². The van der Waals surface area contributed by atoms with Gasteiger partial charge in [-0.1, -0.05) is 13.0 Å². The lowest BCUT2D eigenvalue weighted by Gasteiger charge is -2.44. The van der Waals surface area contributed by atoms with Crippen molar-refractivity contribution in [2.75, 3.05) is 51.4 Å². The smallest absolute Gasteiger partial charge is 0.252 e. The third-order valence-electron chi connectivity index (χ3n) is 8.16. The first-order valence-corrected chi connectivity index (χ1v) is 14.0. The van der Waals surface area contributed by atoms with Crippen LogP contribution in [0.2, 0.25) is 0 Å². The lowest BCUT2D eigenvalue weighted by Crippen LogP contribution is -2.55. The monoisotopic (exact) mass is 531 g/mol. The molecule has 5 rings (SSSR count). The average Bonchev–Trinajstić information content (AvgIpc) is 3.36. The highest BCUT2D eigenvalue weighted by molar-refractivity contribution is 5.97. The van der Waals surface area contributed by atoms with Crippen LogP contribution in [0.5, 0.6) is 5.75 Å². The number of nitrogens with zero attached hydrogens (tertiary/aromatic N) is 4. The highest BCUT2D eigenvalue weighted by Gasteiger charge is 2.30. The maximum Gasteiger partial charge on any atom is 0.252 e. The number of hydrogen-bond acceptors (Lipinski definition) is 6. The summed E-state index contributed by atoms with van der Waals surface area (Å²) in [7, 11) is 3.56. The van der Waals surface area contributed by atoms with E-state index < -0.39 is 0 Å². The number of anilines is 1. The van der Waals surface area contributed by atoms with Crippen molar-refractivity contribution < 1.29 is 14.3 Å². The molecule has 8 nitrogen and oxygen atoms in total. The van der Waals surface area contributed by atoms with Crippen LogP contribution in [0, 0.1) is 12.8 Å². The maximum atomic E-state index is 13.5. The highest BCUT2D eigenvalue weighted by atomic mass is 16.5. The van der Waals surface area contributed by atoms with Gasteiger partial charge < -0.3 is 19.7 Å². The van der Waals surface area contributed by atoms with Gasteiger partial charge in [0, 0.05) is 68.2 Å². The minimum atomic E-state index is -0.199. The first-order valence-electron chi connectivity index (χ1n) is 14.0. The summed E-state index contributed by atoms with van der Waals surface area (Å²) < 4.78 is 12.7. The van der Waals surface area contributed by atoms with E-state index in [1.165, 1.54) is 0 Å². The van der Waals surface area contributed by atoms with Gasteiger partial charge in [0.1, 0.15) is 5.75 Å². The Kier molecular flexibility index (Phi) is 8.23. The topological polar surface area (TPSA) is 71.9 Å². The number of carbonyl (C=O) groups excluding carboxylic acids is 1. The first-order chi connectivity index (χ1) is 18.8. The number of rotatable bonds is 9. The molecule has 39 heavy (non-hydrogen) atoms. The van der Waals surface area contributed by atoms with Gasteiger partial charge >= 0.3 is 0 Å². The number of hydrogen-bond donors (Lipinski definition) is 1. The zero-order valence-corrected chi connectivity index (χ0v) is 23.8. The molecule has 3 aromatic rings. The molecule has 0 aliphatic carbocycles. The van der Waals surface area contributed by atoms with E-state index >= 15 is 0 Å². The van der Waals surface area contributed by atoms with E-state index in [4.69, 9.17) is 9.47 Å². The van der Waals surface area contributed by atoms with Crippen LogP contribution in [0.25, 0.3) is 11.1 Å². The van der Waals surface area contributed by atoms with Crippen molar-refractivity contribution in [3.05, 3.63) is 65.5 Å². The van der Waals surface area contributed by atoms with E-state index in [0.717, 1.165) is 85.1 Å². The molecule has 0 bridgehead atoms. The molecule has 2 aliphatic rings. The molecule has 2 atom stereocenters. The van der Waals surface area contributed by atoms with Crippen molar-refractivity contribution >= 4 is 11.6 Å². The standard InChI is InChI=1S/C31H41N5O3/c1-6-27-18-36(10-9-35(27)16-23-19-39-20-23)28-8-7-21(2)30(14-28)31(37)33-22(3)24-11-25(13-29(12-24)38-5)26-15-32-34(4)17-26/h7-8,11-15,17,22-23,27H,6,9-10,16,18-20H2,1-5H3,(H,33,37)/t22-,27-/m1/s1. The largest absolute Gasteiger partial charge is 0.497 e. The van der Waals surface area contributed by atoms with Gasteiger partial charge in [0.15, 0.2) is 0 Å². The zero-order chi connectivity index (χ0) is 27.5. The summed E-state index contributed by atoms with van der Waals surface area (Å²) in [6.07, 6.45) is 4.92. The molecule has 1 aromatic heterocycles. The summed E-state index contributed by atoms with van der Waals surface area (Å²) in [5, 5.41) is 7.52. The fraction of sp³-hybridized carbons (Fsp3) is 0.484. The second kappa shape index (κ2) is 11.8. The number of aryl methyl sites for hydroxylation is 2. The first kappa shape index (κ1) is 27.2. The Morgan fingerprint density at radius 3 is 2.67 bits per heavy atom. The minimum Gasteiger partial charge on any atom is -0.497 e. The summed E-state index contributed by atoms with van der Waals surface area (Å²) in [5.41, 5.74) is 5.80. The lowest BCUT2D eigenvalue weighted by molar-refractivity contribution is -0.0528.